The average molecular weight is 506 g/mol. The molecular weight excluding hydrogens is 470 g/mol. The number of hydrogen-bond acceptors (Lipinski definition) is 5. The third kappa shape index (κ3) is 5.57. The number of benzene rings is 1. The summed E-state index contributed by atoms with van der Waals surface area (Å²) in [6, 6.07) is 9.99. The van der Waals surface area contributed by atoms with Gasteiger partial charge in [0.15, 0.2) is 0 Å². The molecule has 1 aromatic carbocycles. The lowest BCUT2D eigenvalue weighted by Gasteiger charge is -2.16. The van der Waals surface area contributed by atoms with Crippen LogP contribution in [0.15, 0.2) is 47.4 Å². The maximum absolute atomic E-state index is 13.2. The topological polar surface area (TPSA) is 65.4 Å². The zero-order chi connectivity index (χ0) is 24.9. The third-order valence-electron chi connectivity index (χ3n) is 7.27. The van der Waals surface area contributed by atoms with Gasteiger partial charge in [-0.3, -0.25) is 4.79 Å². The normalized spacial score (nSPS) is 17.7. The molecule has 0 spiro atoms. The summed E-state index contributed by atoms with van der Waals surface area (Å²) in [6.45, 7) is 4.25. The van der Waals surface area contributed by atoms with Crippen LogP contribution in [0.5, 0.6) is 5.75 Å². The van der Waals surface area contributed by atoms with Crippen LogP contribution in [-0.2, 0) is 11.3 Å². The van der Waals surface area contributed by atoms with E-state index < -0.39 is 0 Å². The molecule has 2 aromatic heterocycles. The molecule has 1 unspecified atom stereocenters. The van der Waals surface area contributed by atoms with Gasteiger partial charge in [-0.25, -0.2) is 4.98 Å². The summed E-state index contributed by atoms with van der Waals surface area (Å²) in [7, 11) is 1.67. The number of thiazole rings is 1. The molecule has 3 heterocycles. The number of carbonyl (C=O) groups is 1. The maximum Gasteiger partial charge on any atom is 0.253 e. The minimum Gasteiger partial charge on any atom is -0.497 e. The van der Waals surface area contributed by atoms with Gasteiger partial charge in [0.05, 0.1) is 30.2 Å². The zero-order valence-electron chi connectivity index (χ0n) is 21.2. The average Bonchev–Trinajstić information content (AvgIpc) is 3.67. The number of rotatable bonds is 9. The van der Waals surface area contributed by atoms with Crippen molar-refractivity contribution >= 4 is 17.2 Å². The van der Waals surface area contributed by atoms with Crippen molar-refractivity contribution in [1.82, 2.24) is 14.9 Å². The minimum absolute atomic E-state index is 0.0366. The smallest absolute Gasteiger partial charge is 0.253 e. The van der Waals surface area contributed by atoms with Crippen LogP contribution in [0.2, 0.25) is 0 Å². The fraction of sp³-hybridized carbons (Fsp3) is 0.448. The monoisotopic (exact) mass is 505 g/mol. The second-order valence-corrected chi connectivity index (χ2v) is 10.5. The summed E-state index contributed by atoms with van der Waals surface area (Å²) < 4.78 is 13.3. The Kier molecular flexibility index (Phi) is 7.87. The number of allylic oxidation sites excluding steroid dienone is 2. The van der Waals surface area contributed by atoms with Crippen LogP contribution in [0.25, 0.3) is 22.0 Å². The van der Waals surface area contributed by atoms with Gasteiger partial charge in [0.2, 0.25) is 0 Å². The van der Waals surface area contributed by atoms with Gasteiger partial charge in [0.1, 0.15) is 10.8 Å². The molecule has 36 heavy (non-hydrogen) atoms. The lowest BCUT2D eigenvalue weighted by molar-refractivity contribution is 0.0857. The molecule has 0 bridgehead atoms. The number of nitrogens with zero attached hydrogens (tertiary/aromatic N) is 2. The van der Waals surface area contributed by atoms with E-state index in [0.717, 1.165) is 71.4 Å². The van der Waals surface area contributed by atoms with Gasteiger partial charge >= 0.3 is 0 Å². The lowest BCUT2D eigenvalue weighted by Crippen LogP contribution is -2.32. The summed E-state index contributed by atoms with van der Waals surface area (Å²) in [4.78, 5) is 18.2. The summed E-state index contributed by atoms with van der Waals surface area (Å²) in [6.07, 6.45) is 10.5. The largest absolute Gasteiger partial charge is 0.497 e. The number of methoxy groups -OCH3 is 1. The Bertz CT molecular complexity index is 1220. The van der Waals surface area contributed by atoms with Crippen molar-refractivity contribution in [2.75, 3.05) is 20.3 Å². The van der Waals surface area contributed by atoms with E-state index in [1.807, 2.05) is 30.3 Å². The number of carbonyl (C=O) groups excluding carboxylic acids is 1. The molecule has 1 fully saturated rings. The summed E-state index contributed by atoms with van der Waals surface area (Å²) >= 11 is 1.62. The number of amides is 1. The molecule has 1 amide bonds. The van der Waals surface area contributed by atoms with Crippen LogP contribution in [-0.4, -0.2) is 41.8 Å². The van der Waals surface area contributed by atoms with Gasteiger partial charge in [-0.15, -0.1) is 11.3 Å². The van der Waals surface area contributed by atoms with Gasteiger partial charge in [-0.2, -0.15) is 0 Å². The molecule has 1 aliphatic heterocycles. The first-order valence-electron chi connectivity index (χ1n) is 13.0. The Labute approximate surface area is 217 Å². The van der Waals surface area contributed by atoms with Crippen molar-refractivity contribution in [2.45, 2.75) is 64.5 Å². The Morgan fingerprint density at radius 2 is 2.11 bits per heavy atom. The predicted molar refractivity (Wildman–Crippen MR) is 145 cm³/mol. The van der Waals surface area contributed by atoms with E-state index in [4.69, 9.17) is 14.5 Å². The molecule has 6 nitrogen and oxygen atoms in total. The molecule has 0 saturated carbocycles. The standard InChI is InChI=1S/C29H35N3O3S/c1-20-25(28(33)30-18-24-9-6-16-35-24)17-27(32(20)15-14-21-7-4-3-5-8-21)26-19-36-29(31-26)22-10-12-23(34-2)13-11-22/h7,10-13,17,19,24H,3-6,8-9,14-16,18H2,1-2H3,(H,30,33). The molecule has 190 valence electrons. The number of hydrogen-bond donors (Lipinski definition) is 1. The molecular formula is C29H35N3O3S. The highest BCUT2D eigenvalue weighted by Crippen LogP contribution is 2.33. The van der Waals surface area contributed by atoms with Gasteiger partial charge in [0, 0.05) is 36.3 Å². The number of ether oxygens (including phenoxy) is 2. The molecule has 1 saturated heterocycles. The molecule has 1 atom stereocenters. The van der Waals surface area contributed by atoms with Gasteiger partial charge in [-0.05, 0) is 82.2 Å². The molecule has 5 rings (SSSR count). The number of aromatic nitrogens is 2. The van der Waals surface area contributed by atoms with E-state index in [1.165, 1.54) is 31.3 Å². The molecule has 1 N–H and O–H groups in total. The van der Waals surface area contributed by atoms with E-state index in [2.05, 4.69) is 28.3 Å². The summed E-state index contributed by atoms with van der Waals surface area (Å²) in [5.74, 6) is 0.793. The van der Waals surface area contributed by atoms with E-state index in [-0.39, 0.29) is 12.0 Å². The Balaban J connectivity index is 1.41. The van der Waals surface area contributed by atoms with E-state index in [9.17, 15) is 4.79 Å². The summed E-state index contributed by atoms with van der Waals surface area (Å²) in [5.41, 5.74) is 6.21. The van der Waals surface area contributed by atoms with Crippen LogP contribution in [0.3, 0.4) is 0 Å². The van der Waals surface area contributed by atoms with Crippen LogP contribution < -0.4 is 10.1 Å². The molecule has 0 radical (unpaired) electrons. The van der Waals surface area contributed by atoms with E-state index >= 15 is 0 Å². The minimum atomic E-state index is -0.0366. The SMILES string of the molecule is COc1ccc(-c2nc(-c3cc(C(=O)NCC4CCCO4)c(C)n3CCC3=CCCCC3)cs2)cc1. The van der Waals surface area contributed by atoms with Crippen LogP contribution in [0.4, 0.5) is 0 Å². The fourth-order valence-corrected chi connectivity index (χ4v) is 5.95. The number of nitrogens with one attached hydrogen (secondary N) is 1. The van der Waals surface area contributed by atoms with Gasteiger partial charge in [0.25, 0.3) is 5.91 Å². The van der Waals surface area contributed by atoms with Crippen molar-refractivity contribution in [3.8, 4) is 27.7 Å². The molecule has 3 aromatic rings. The highest BCUT2D eigenvalue weighted by atomic mass is 32.1. The predicted octanol–water partition coefficient (Wildman–Crippen LogP) is 6.39. The lowest BCUT2D eigenvalue weighted by atomic mass is 9.97. The molecule has 7 heteroatoms. The van der Waals surface area contributed by atoms with Crippen molar-refractivity contribution in [1.29, 1.82) is 0 Å². The fourth-order valence-electron chi connectivity index (χ4n) is 5.13. The highest BCUT2D eigenvalue weighted by Gasteiger charge is 2.22. The highest BCUT2D eigenvalue weighted by molar-refractivity contribution is 7.13. The second kappa shape index (κ2) is 11.4. The molecule has 1 aliphatic carbocycles. The third-order valence-corrected chi connectivity index (χ3v) is 8.16. The Morgan fingerprint density at radius 1 is 1.25 bits per heavy atom. The molecule has 2 aliphatic rings. The van der Waals surface area contributed by atoms with Crippen molar-refractivity contribution in [2.24, 2.45) is 0 Å². The van der Waals surface area contributed by atoms with Crippen molar-refractivity contribution in [3.05, 3.63) is 58.6 Å². The van der Waals surface area contributed by atoms with Crippen LogP contribution in [0.1, 0.15) is 61.0 Å². The van der Waals surface area contributed by atoms with Crippen LogP contribution >= 0.6 is 11.3 Å². The summed E-state index contributed by atoms with van der Waals surface area (Å²) in [5, 5.41) is 6.15. The van der Waals surface area contributed by atoms with Crippen molar-refractivity contribution < 1.29 is 14.3 Å². The first-order valence-corrected chi connectivity index (χ1v) is 13.9. The zero-order valence-corrected chi connectivity index (χ0v) is 22.0. The Morgan fingerprint density at radius 3 is 2.83 bits per heavy atom. The first kappa shape index (κ1) is 24.8. The van der Waals surface area contributed by atoms with Gasteiger partial charge < -0.3 is 19.4 Å². The van der Waals surface area contributed by atoms with E-state index in [0.29, 0.717) is 6.54 Å². The van der Waals surface area contributed by atoms with Crippen LogP contribution in [0, 0.1) is 6.92 Å². The Hall–Kier alpha value is -2.90. The quantitative estimate of drug-likeness (QED) is 0.342. The van der Waals surface area contributed by atoms with Crippen molar-refractivity contribution in [3.63, 3.8) is 0 Å². The maximum atomic E-state index is 13.2. The first-order chi connectivity index (χ1) is 17.6. The van der Waals surface area contributed by atoms with E-state index in [1.54, 1.807) is 18.4 Å². The van der Waals surface area contributed by atoms with Gasteiger partial charge in [-0.1, -0.05) is 11.6 Å². The second-order valence-electron chi connectivity index (χ2n) is 9.65.